The summed E-state index contributed by atoms with van der Waals surface area (Å²) in [6.45, 7) is 4.18. The quantitative estimate of drug-likeness (QED) is 0.561. The van der Waals surface area contributed by atoms with E-state index in [4.69, 9.17) is 0 Å². The Morgan fingerprint density at radius 3 is 2.59 bits per heavy atom. The van der Waals surface area contributed by atoms with Gasteiger partial charge in [-0.15, -0.1) is 0 Å². The molecule has 1 unspecified atom stereocenters. The van der Waals surface area contributed by atoms with Crippen LogP contribution < -0.4 is 0 Å². The SMILES string of the molecule is CC(O)(O)[C@@]12C=CC[C@H]1[C@@H]1CCC3CCCC[C@]3(C)[C@H]1CC2. The van der Waals surface area contributed by atoms with Crippen LogP contribution in [0, 0.1) is 34.5 Å². The van der Waals surface area contributed by atoms with Gasteiger partial charge in [-0.25, -0.2) is 0 Å². The number of allylic oxidation sites excluding steroid dienone is 1. The molecule has 0 heterocycles. The van der Waals surface area contributed by atoms with Gasteiger partial charge in [0.1, 0.15) is 0 Å². The first kappa shape index (κ1) is 15.2. The number of rotatable bonds is 1. The molecule has 4 aliphatic rings. The highest BCUT2D eigenvalue weighted by atomic mass is 16.5. The van der Waals surface area contributed by atoms with Crippen molar-refractivity contribution in [2.24, 2.45) is 34.5 Å². The van der Waals surface area contributed by atoms with Gasteiger partial charge in [0.15, 0.2) is 5.79 Å². The predicted octanol–water partition coefficient (Wildman–Crippen LogP) is 4.27. The van der Waals surface area contributed by atoms with Crippen molar-refractivity contribution in [1.82, 2.24) is 0 Å². The average Bonchev–Trinajstić information content (AvgIpc) is 2.91. The maximum absolute atomic E-state index is 10.5. The van der Waals surface area contributed by atoms with Crippen LogP contribution in [0.25, 0.3) is 0 Å². The molecule has 0 bridgehead atoms. The van der Waals surface area contributed by atoms with E-state index in [1.54, 1.807) is 6.92 Å². The third-order valence-corrected chi connectivity index (χ3v) is 8.40. The highest BCUT2D eigenvalue weighted by Gasteiger charge is 2.61. The van der Waals surface area contributed by atoms with Crippen molar-refractivity contribution < 1.29 is 10.2 Å². The van der Waals surface area contributed by atoms with E-state index in [9.17, 15) is 10.2 Å². The molecule has 0 aromatic heterocycles. The van der Waals surface area contributed by atoms with E-state index in [2.05, 4.69) is 19.1 Å². The van der Waals surface area contributed by atoms with Crippen molar-refractivity contribution in [2.75, 3.05) is 0 Å². The van der Waals surface area contributed by atoms with Crippen LogP contribution in [0.4, 0.5) is 0 Å². The van der Waals surface area contributed by atoms with Gasteiger partial charge in [-0.2, -0.15) is 0 Å². The van der Waals surface area contributed by atoms with E-state index >= 15 is 0 Å². The molecule has 4 rings (SSSR count). The first-order valence-corrected chi connectivity index (χ1v) is 9.51. The molecule has 6 atom stereocenters. The fraction of sp³-hybridized carbons (Fsp3) is 0.900. The summed E-state index contributed by atoms with van der Waals surface area (Å²) in [5, 5.41) is 21.0. The molecule has 3 saturated carbocycles. The normalized spacial score (nSPS) is 51.1. The average molecular weight is 304 g/mol. The molecule has 2 N–H and O–H groups in total. The number of aliphatic hydroxyl groups is 2. The zero-order chi connectivity index (χ0) is 15.6. The topological polar surface area (TPSA) is 40.5 Å². The largest absolute Gasteiger partial charge is 0.365 e. The Balaban J connectivity index is 1.67. The van der Waals surface area contributed by atoms with Gasteiger partial charge in [0.05, 0.1) is 0 Å². The second-order valence-electron chi connectivity index (χ2n) is 9.14. The van der Waals surface area contributed by atoms with Crippen LogP contribution in [-0.2, 0) is 0 Å². The summed E-state index contributed by atoms with van der Waals surface area (Å²) in [6, 6.07) is 0. The molecular formula is C20H32O2. The van der Waals surface area contributed by atoms with Crippen molar-refractivity contribution >= 4 is 0 Å². The fourth-order valence-corrected chi connectivity index (χ4v) is 7.23. The van der Waals surface area contributed by atoms with Crippen LogP contribution in [0.1, 0.15) is 71.6 Å². The summed E-state index contributed by atoms with van der Waals surface area (Å²) < 4.78 is 0. The third-order valence-electron chi connectivity index (χ3n) is 8.40. The van der Waals surface area contributed by atoms with Crippen LogP contribution in [0.5, 0.6) is 0 Å². The number of hydrogen-bond donors (Lipinski definition) is 2. The minimum absolute atomic E-state index is 0.383. The van der Waals surface area contributed by atoms with Crippen molar-refractivity contribution in [3.63, 3.8) is 0 Å². The van der Waals surface area contributed by atoms with Gasteiger partial charge < -0.3 is 10.2 Å². The Morgan fingerprint density at radius 2 is 1.82 bits per heavy atom. The van der Waals surface area contributed by atoms with Crippen molar-refractivity contribution in [1.29, 1.82) is 0 Å². The minimum Gasteiger partial charge on any atom is -0.365 e. The van der Waals surface area contributed by atoms with E-state index < -0.39 is 5.79 Å². The standard InChI is InChI=1S/C20H32O2/c1-18-11-4-3-6-14(18)8-9-15-16(18)10-13-20(19(2,21)22)12-5-7-17(15)20/h5,12,14-17,21-22H,3-4,6-11,13H2,1-2H3/t14?,15-,16+,17+,18+,20-/m1/s1. The number of fused-ring (bicyclic) bond motifs is 5. The lowest BCUT2D eigenvalue weighted by Crippen LogP contribution is -2.58. The molecule has 0 aliphatic heterocycles. The van der Waals surface area contributed by atoms with E-state index in [0.717, 1.165) is 24.7 Å². The lowest BCUT2D eigenvalue weighted by atomic mass is 9.44. The second kappa shape index (κ2) is 4.83. The van der Waals surface area contributed by atoms with Crippen LogP contribution in [0.2, 0.25) is 0 Å². The lowest BCUT2D eigenvalue weighted by Gasteiger charge is -2.61. The summed E-state index contributed by atoms with van der Waals surface area (Å²) in [4.78, 5) is 0. The summed E-state index contributed by atoms with van der Waals surface area (Å²) in [7, 11) is 0. The van der Waals surface area contributed by atoms with Crippen LogP contribution in [0.15, 0.2) is 12.2 Å². The van der Waals surface area contributed by atoms with Gasteiger partial charge in [-0.1, -0.05) is 31.9 Å². The van der Waals surface area contributed by atoms with E-state index in [-0.39, 0.29) is 5.41 Å². The summed E-state index contributed by atoms with van der Waals surface area (Å²) >= 11 is 0. The van der Waals surface area contributed by atoms with E-state index in [1.165, 1.54) is 44.9 Å². The molecule has 0 aromatic rings. The Hall–Kier alpha value is -0.340. The predicted molar refractivity (Wildman–Crippen MR) is 88.0 cm³/mol. The van der Waals surface area contributed by atoms with Gasteiger partial charge in [-0.3, -0.25) is 0 Å². The maximum atomic E-state index is 10.5. The molecule has 0 amide bonds. The minimum atomic E-state index is -1.57. The monoisotopic (exact) mass is 304 g/mol. The van der Waals surface area contributed by atoms with Crippen molar-refractivity contribution in [3.05, 3.63) is 12.2 Å². The zero-order valence-corrected chi connectivity index (χ0v) is 14.2. The molecule has 0 radical (unpaired) electrons. The summed E-state index contributed by atoms with van der Waals surface area (Å²) in [5.74, 6) is 1.32. The molecule has 0 spiro atoms. The Morgan fingerprint density at radius 1 is 1.00 bits per heavy atom. The first-order chi connectivity index (χ1) is 10.4. The molecule has 0 saturated heterocycles. The summed E-state index contributed by atoms with van der Waals surface area (Å²) in [6.07, 6.45) is 15.9. The van der Waals surface area contributed by atoms with Crippen molar-refractivity contribution in [3.8, 4) is 0 Å². The smallest absolute Gasteiger partial charge is 0.169 e. The van der Waals surface area contributed by atoms with Gasteiger partial charge in [0.25, 0.3) is 0 Å². The fourth-order valence-electron chi connectivity index (χ4n) is 7.23. The lowest BCUT2D eigenvalue weighted by molar-refractivity contribution is -0.254. The molecule has 2 nitrogen and oxygen atoms in total. The van der Waals surface area contributed by atoms with Gasteiger partial charge in [-0.05, 0) is 81.0 Å². The summed E-state index contributed by atoms with van der Waals surface area (Å²) in [5.41, 5.74) is 0.142. The zero-order valence-electron chi connectivity index (χ0n) is 14.2. The Bertz CT molecular complexity index is 477. The molecule has 0 aromatic carbocycles. The third kappa shape index (κ3) is 1.86. The van der Waals surface area contributed by atoms with Crippen LogP contribution in [-0.4, -0.2) is 16.0 Å². The van der Waals surface area contributed by atoms with Crippen LogP contribution in [0.3, 0.4) is 0 Å². The van der Waals surface area contributed by atoms with Crippen molar-refractivity contribution in [2.45, 2.75) is 77.4 Å². The molecule has 3 fully saturated rings. The second-order valence-corrected chi connectivity index (χ2v) is 9.14. The molecule has 22 heavy (non-hydrogen) atoms. The van der Waals surface area contributed by atoms with Gasteiger partial charge >= 0.3 is 0 Å². The van der Waals surface area contributed by atoms with Gasteiger partial charge in [0, 0.05) is 5.41 Å². The highest BCUT2D eigenvalue weighted by molar-refractivity contribution is 5.20. The van der Waals surface area contributed by atoms with Crippen LogP contribution >= 0.6 is 0 Å². The molecule has 124 valence electrons. The molecule has 2 heteroatoms. The highest BCUT2D eigenvalue weighted by Crippen LogP contribution is 2.66. The van der Waals surface area contributed by atoms with E-state index in [1.807, 2.05) is 0 Å². The van der Waals surface area contributed by atoms with E-state index in [0.29, 0.717) is 17.3 Å². The Labute approximate surface area is 135 Å². The number of hydrogen-bond acceptors (Lipinski definition) is 2. The molecule has 4 aliphatic carbocycles. The Kier molecular flexibility index (Phi) is 3.34. The van der Waals surface area contributed by atoms with Gasteiger partial charge in [0.2, 0.25) is 0 Å². The first-order valence-electron chi connectivity index (χ1n) is 9.51. The molecular weight excluding hydrogens is 272 g/mol. The maximum Gasteiger partial charge on any atom is 0.169 e.